The van der Waals surface area contributed by atoms with Crippen molar-refractivity contribution in [1.82, 2.24) is 9.55 Å². The van der Waals surface area contributed by atoms with Crippen LogP contribution in [0.1, 0.15) is 0 Å². The lowest BCUT2D eigenvalue weighted by molar-refractivity contribution is 0.355. The van der Waals surface area contributed by atoms with Crippen LogP contribution in [0.25, 0.3) is 10.9 Å². The number of ether oxygens (including phenoxy) is 2. The second-order valence-corrected chi connectivity index (χ2v) is 4.31. The average molecular weight is 280 g/mol. The lowest BCUT2D eigenvalue weighted by atomic mass is 10.2. The summed E-state index contributed by atoms with van der Waals surface area (Å²) in [7, 11) is 3.14. The molecule has 1 heterocycles. The summed E-state index contributed by atoms with van der Waals surface area (Å²) in [4.78, 5) is 4.35. The summed E-state index contributed by atoms with van der Waals surface area (Å²) in [6.07, 6.45) is 0. The number of rotatable bonds is 4. The number of nitrogens with zero attached hydrogens (tertiary/aromatic N) is 2. The molecule has 0 radical (unpaired) electrons. The molecular weight excluding hydrogens is 264 g/mol. The fourth-order valence-corrected chi connectivity index (χ4v) is 2.21. The highest BCUT2D eigenvalue weighted by Crippen LogP contribution is 2.33. The summed E-state index contributed by atoms with van der Waals surface area (Å²) >= 11 is 5.22. The molecule has 4 N–H and O–H groups in total. The number of nitrogens with two attached hydrogens (primary N) is 2. The molecule has 2 rings (SSSR count). The molecule has 0 unspecified atom stereocenters. The van der Waals surface area contributed by atoms with Crippen LogP contribution >= 0.6 is 12.2 Å². The number of anilines is 1. The molecule has 2 aromatic rings. The molecule has 19 heavy (non-hydrogen) atoms. The van der Waals surface area contributed by atoms with E-state index in [-0.39, 0.29) is 0 Å². The average Bonchev–Trinajstić information content (AvgIpc) is 2.42. The Morgan fingerprint density at radius 3 is 2.47 bits per heavy atom. The minimum absolute atomic E-state index is 0.405. The molecule has 0 fully saturated rings. The Kier molecular flexibility index (Phi) is 3.87. The summed E-state index contributed by atoms with van der Waals surface area (Å²) in [6.45, 7) is 0.973. The molecule has 1 aromatic heterocycles. The Balaban J connectivity index is 2.78. The van der Waals surface area contributed by atoms with Crippen molar-refractivity contribution in [2.45, 2.75) is 6.54 Å². The minimum Gasteiger partial charge on any atom is -0.493 e. The van der Waals surface area contributed by atoms with E-state index in [9.17, 15) is 0 Å². The van der Waals surface area contributed by atoms with Crippen molar-refractivity contribution in [2.24, 2.45) is 5.73 Å². The van der Waals surface area contributed by atoms with E-state index >= 15 is 0 Å². The van der Waals surface area contributed by atoms with Crippen LogP contribution in [0.4, 0.5) is 5.82 Å². The first-order chi connectivity index (χ1) is 9.12. The van der Waals surface area contributed by atoms with E-state index in [1.165, 1.54) is 0 Å². The number of hydrogen-bond donors (Lipinski definition) is 2. The first-order valence-corrected chi connectivity index (χ1v) is 6.15. The smallest absolute Gasteiger partial charge is 0.201 e. The highest BCUT2D eigenvalue weighted by Gasteiger charge is 2.11. The number of nitrogen functional groups attached to an aromatic ring is 1. The number of fused-ring (bicyclic) bond motifs is 1. The Bertz CT molecular complexity index is 669. The van der Waals surface area contributed by atoms with E-state index < -0.39 is 0 Å². The molecule has 6 nitrogen and oxygen atoms in total. The van der Waals surface area contributed by atoms with Gasteiger partial charge in [0.15, 0.2) is 11.5 Å². The van der Waals surface area contributed by atoms with Gasteiger partial charge in [0, 0.05) is 24.5 Å². The van der Waals surface area contributed by atoms with E-state index in [1.54, 1.807) is 30.9 Å². The van der Waals surface area contributed by atoms with E-state index in [0.29, 0.717) is 40.7 Å². The zero-order chi connectivity index (χ0) is 14.0. The molecule has 0 saturated heterocycles. The van der Waals surface area contributed by atoms with Gasteiger partial charge >= 0.3 is 0 Å². The molecule has 7 heteroatoms. The molecule has 102 valence electrons. The van der Waals surface area contributed by atoms with Crippen LogP contribution in [0.2, 0.25) is 0 Å². The van der Waals surface area contributed by atoms with Gasteiger partial charge in [-0.25, -0.2) is 4.98 Å². The fourth-order valence-electron chi connectivity index (χ4n) is 1.92. The highest BCUT2D eigenvalue weighted by molar-refractivity contribution is 7.71. The maximum atomic E-state index is 6.13. The third-order valence-corrected chi connectivity index (χ3v) is 3.18. The molecule has 0 atom stereocenters. The van der Waals surface area contributed by atoms with Gasteiger partial charge in [-0.05, 0) is 18.3 Å². The molecule has 0 bridgehead atoms. The van der Waals surface area contributed by atoms with Crippen molar-refractivity contribution in [2.75, 3.05) is 26.5 Å². The Morgan fingerprint density at radius 2 is 1.89 bits per heavy atom. The Hall–Kier alpha value is -1.86. The normalized spacial score (nSPS) is 10.7. The van der Waals surface area contributed by atoms with Gasteiger partial charge in [0.25, 0.3) is 0 Å². The van der Waals surface area contributed by atoms with E-state index in [1.807, 2.05) is 0 Å². The van der Waals surface area contributed by atoms with Crippen LogP contribution < -0.4 is 20.9 Å². The number of aromatic nitrogens is 2. The lowest BCUT2D eigenvalue weighted by Gasteiger charge is -2.14. The standard InChI is InChI=1S/C12H16N4O2S/c1-17-9-5-7-8(6-10(9)18-2)15-12(19)16(4-3-13)11(7)14/h5-6H,3-4,13-14H2,1-2H3. The van der Waals surface area contributed by atoms with Crippen molar-refractivity contribution in [3.63, 3.8) is 0 Å². The van der Waals surface area contributed by atoms with Crippen LogP contribution in [-0.2, 0) is 6.54 Å². The van der Waals surface area contributed by atoms with Crippen LogP contribution in [0.15, 0.2) is 12.1 Å². The summed E-state index contributed by atoms with van der Waals surface area (Å²) in [6, 6.07) is 3.55. The minimum atomic E-state index is 0.405. The van der Waals surface area contributed by atoms with Gasteiger partial charge in [-0.1, -0.05) is 0 Å². The number of hydrogen-bond acceptors (Lipinski definition) is 6. The zero-order valence-corrected chi connectivity index (χ0v) is 11.7. The van der Waals surface area contributed by atoms with Gasteiger partial charge in [-0.3, -0.25) is 0 Å². The first kappa shape index (κ1) is 13.6. The monoisotopic (exact) mass is 280 g/mol. The summed E-state index contributed by atoms with van der Waals surface area (Å²) in [5, 5.41) is 0.764. The maximum Gasteiger partial charge on any atom is 0.201 e. The first-order valence-electron chi connectivity index (χ1n) is 5.74. The predicted molar refractivity (Wildman–Crippen MR) is 77.1 cm³/mol. The maximum absolute atomic E-state index is 6.13. The van der Waals surface area contributed by atoms with Gasteiger partial charge in [-0.2, -0.15) is 0 Å². The second-order valence-electron chi connectivity index (χ2n) is 3.94. The third-order valence-electron chi connectivity index (χ3n) is 2.87. The fraction of sp³-hybridized carbons (Fsp3) is 0.333. The van der Waals surface area contributed by atoms with Crippen molar-refractivity contribution in [3.05, 3.63) is 16.9 Å². The zero-order valence-electron chi connectivity index (χ0n) is 10.8. The van der Waals surface area contributed by atoms with Crippen LogP contribution in [0.3, 0.4) is 0 Å². The molecule has 0 amide bonds. The number of benzene rings is 1. The van der Waals surface area contributed by atoms with Crippen molar-refractivity contribution < 1.29 is 9.47 Å². The van der Waals surface area contributed by atoms with Crippen LogP contribution in [0.5, 0.6) is 11.5 Å². The van der Waals surface area contributed by atoms with Gasteiger partial charge in [0.1, 0.15) is 5.82 Å². The molecule has 0 aliphatic heterocycles. The molecule has 1 aromatic carbocycles. The summed E-state index contributed by atoms with van der Waals surface area (Å²) < 4.78 is 12.6. The van der Waals surface area contributed by atoms with E-state index in [0.717, 1.165) is 5.39 Å². The summed E-state index contributed by atoms with van der Waals surface area (Å²) in [5.74, 6) is 1.72. The molecule has 0 aliphatic carbocycles. The van der Waals surface area contributed by atoms with Crippen LogP contribution in [-0.4, -0.2) is 30.3 Å². The number of methoxy groups -OCH3 is 2. The molecule has 0 saturated carbocycles. The molecule has 0 aliphatic rings. The third kappa shape index (κ3) is 2.34. The van der Waals surface area contributed by atoms with Gasteiger partial charge in [0.2, 0.25) is 4.77 Å². The van der Waals surface area contributed by atoms with Crippen LogP contribution in [0, 0.1) is 4.77 Å². The Morgan fingerprint density at radius 1 is 1.26 bits per heavy atom. The molecule has 0 spiro atoms. The molecular formula is C12H16N4O2S. The van der Waals surface area contributed by atoms with Crippen molar-refractivity contribution in [1.29, 1.82) is 0 Å². The second kappa shape index (κ2) is 5.41. The van der Waals surface area contributed by atoms with Gasteiger partial charge < -0.3 is 25.5 Å². The largest absolute Gasteiger partial charge is 0.493 e. The van der Waals surface area contributed by atoms with Gasteiger partial charge in [0.05, 0.1) is 19.7 Å². The van der Waals surface area contributed by atoms with Gasteiger partial charge in [-0.15, -0.1) is 0 Å². The Labute approximate surface area is 115 Å². The lowest BCUT2D eigenvalue weighted by Crippen LogP contribution is -2.15. The van der Waals surface area contributed by atoms with E-state index in [4.69, 9.17) is 33.2 Å². The highest BCUT2D eigenvalue weighted by atomic mass is 32.1. The van der Waals surface area contributed by atoms with Crippen molar-refractivity contribution >= 4 is 28.9 Å². The predicted octanol–water partition coefficient (Wildman–Crippen LogP) is 1.32. The van der Waals surface area contributed by atoms with E-state index in [2.05, 4.69) is 4.98 Å². The topological polar surface area (TPSA) is 88.3 Å². The van der Waals surface area contributed by atoms with Crippen molar-refractivity contribution in [3.8, 4) is 11.5 Å². The summed E-state index contributed by atoms with van der Waals surface area (Å²) in [5.41, 5.74) is 12.3. The quantitative estimate of drug-likeness (QED) is 0.821. The SMILES string of the molecule is COc1cc2nc(=S)n(CCN)c(N)c2cc1OC.